The van der Waals surface area contributed by atoms with E-state index in [-0.39, 0.29) is 5.91 Å². The highest BCUT2D eigenvalue weighted by molar-refractivity contribution is 5.83. The van der Waals surface area contributed by atoms with Crippen LogP contribution in [0.1, 0.15) is 13.3 Å². The molecule has 0 heterocycles. The van der Waals surface area contributed by atoms with Crippen LogP contribution in [0.4, 0.5) is 0 Å². The highest BCUT2D eigenvalue weighted by Crippen LogP contribution is 1.94. The molecule has 0 aliphatic carbocycles. The van der Waals surface area contributed by atoms with E-state index in [0.29, 0.717) is 19.5 Å². The normalized spacial score (nSPS) is 11.7. The van der Waals surface area contributed by atoms with Crippen molar-refractivity contribution in [1.29, 1.82) is 5.26 Å². The van der Waals surface area contributed by atoms with E-state index in [1.165, 1.54) is 14.0 Å². The number of hydrogen-bond acceptors (Lipinski definition) is 5. The molecule has 0 aliphatic rings. The Morgan fingerprint density at radius 3 is 2.62 bits per heavy atom. The summed E-state index contributed by atoms with van der Waals surface area (Å²) in [5.41, 5.74) is 0. The number of carbonyl (C=O) groups is 2. The first-order valence-electron chi connectivity index (χ1n) is 4.91. The smallest absolute Gasteiger partial charge is 0.329 e. The molecule has 0 radical (unpaired) electrons. The summed E-state index contributed by atoms with van der Waals surface area (Å²) < 4.78 is 4.57. The first kappa shape index (κ1) is 14.4. The molecular formula is C10H17N3O3. The Labute approximate surface area is 95.2 Å². The second-order valence-electron chi connectivity index (χ2n) is 3.45. The topological polar surface area (TPSA) is 82.4 Å². The van der Waals surface area contributed by atoms with Gasteiger partial charge in [0.05, 0.1) is 13.2 Å². The molecule has 0 bridgehead atoms. The standard InChI is InChI=1S/C10H17N3O3/c1-8(14)12-9(10(15)16-3)7-13(2)6-4-5-11/h9H,4,6-7H2,1-3H3,(H,12,14). The molecule has 90 valence electrons. The highest BCUT2D eigenvalue weighted by Gasteiger charge is 2.21. The average molecular weight is 227 g/mol. The maximum absolute atomic E-state index is 11.3. The van der Waals surface area contributed by atoms with Crippen LogP contribution in [-0.2, 0) is 14.3 Å². The van der Waals surface area contributed by atoms with Gasteiger partial charge < -0.3 is 15.0 Å². The Kier molecular flexibility index (Phi) is 6.88. The summed E-state index contributed by atoms with van der Waals surface area (Å²) in [7, 11) is 3.04. The fourth-order valence-electron chi connectivity index (χ4n) is 1.21. The Morgan fingerprint density at radius 1 is 1.56 bits per heavy atom. The molecule has 0 saturated carbocycles. The van der Waals surface area contributed by atoms with Crippen LogP contribution in [0.25, 0.3) is 0 Å². The summed E-state index contributed by atoms with van der Waals surface area (Å²) in [4.78, 5) is 24.0. The number of nitrogens with one attached hydrogen (secondary N) is 1. The van der Waals surface area contributed by atoms with Gasteiger partial charge in [-0.2, -0.15) is 5.26 Å². The third kappa shape index (κ3) is 5.98. The van der Waals surface area contributed by atoms with Crippen LogP contribution in [-0.4, -0.2) is 50.1 Å². The lowest BCUT2D eigenvalue weighted by atomic mass is 10.2. The van der Waals surface area contributed by atoms with Crippen molar-refractivity contribution in [2.45, 2.75) is 19.4 Å². The van der Waals surface area contributed by atoms with Crippen molar-refractivity contribution in [2.24, 2.45) is 0 Å². The van der Waals surface area contributed by atoms with Crippen LogP contribution >= 0.6 is 0 Å². The molecule has 0 aliphatic heterocycles. The zero-order valence-corrected chi connectivity index (χ0v) is 9.82. The maximum Gasteiger partial charge on any atom is 0.329 e. The number of likely N-dealkylation sites (N-methyl/N-ethyl adjacent to an activating group) is 1. The minimum Gasteiger partial charge on any atom is -0.467 e. The molecule has 0 spiro atoms. The van der Waals surface area contributed by atoms with E-state index in [0.717, 1.165) is 0 Å². The molecule has 6 heteroatoms. The molecule has 1 N–H and O–H groups in total. The van der Waals surface area contributed by atoms with E-state index >= 15 is 0 Å². The lowest BCUT2D eigenvalue weighted by Crippen LogP contribution is -2.47. The number of esters is 1. The number of nitrogens with zero attached hydrogens (tertiary/aromatic N) is 2. The largest absolute Gasteiger partial charge is 0.467 e. The molecule has 16 heavy (non-hydrogen) atoms. The molecule has 0 saturated heterocycles. The zero-order chi connectivity index (χ0) is 12.6. The van der Waals surface area contributed by atoms with Crippen molar-refractivity contribution in [3.8, 4) is 6.07 Å². The maximum atomic E-state index is 11.3. The summed E-state index contributed by atoms with van der Waals surface area (Å²) in [6.45, 7) is 2.21. The van der Waals surface area contributed by atoms with Gasteiger partial charge in [-0.3, -0.25) is 4.79 Å². The van der Waals surface area contributed by atoms with Crippen LogP contribution in [0, 0.1) is 11.3 Å². The Morgan fingerprint density at radius 2 is 2.19 bits per heavy atom. The molecule has 0 aromatic heterocycles. The van der Waals surface area contributed by atoms with Crippen molar-refractivity contribution in [3.05, 3.63) is 0 Å². The number of ether oxygens (including phenoxy) is 1. The van der Waals surface area contributed by atoms with Crippen LogP contribution in [0.5, 0.6) is 0 Å². The molecule has 0 fully saturated rings. The Hall–Kier alpha value is -1.61. The quantitative estimate of drug-likeness (QED) is 0.619. The van der Waals surface area contributed by atoms with E-state index in [2.05, 4.69) is 10.1 Å². The van der Waals surface area contributed by atoms with Gasteiger partial charge in [-0.05, 0) is 7.05 Å². The van der Waals surface area contributed by atoms with Crippen molar-refractivity contribution < 1.29 is 14.3 Å². The summed E-state index contributed by atoms with van der Waals surface area (Å²) in [6.07, 6.45) is 0.379. The van der Waals surface area contributed by atoms with Crippen LogP contribution in [0.2, 0.25) is 0 Å². The minimum absolute atomic E-state index is 0.288. The van der Waals surface area contributed by atoms with Crippen LogP contribution < -0.4 is 5.32 Å². The summed E-state index contributed by atoms with van der Waals surface area (Å²) >= 11 is 0. The SMILES string of the molecule is COC(=O)C(CN(C)CCC#N)NC(C)=O. The van der Waals surface area contributed by atoms with Crippen LogP contribution in [0.3, 0.4) is 0 Å². The fourth-order valence-corrected chi connectivity index (χ4v) is 1.21. The summed E-state index contributed by atoms with van der Waals surface area (Å²) in [5, 5.41) is 10.9. The van der Waals surface area contributed by atoms with Gasteiger partial charge in [-0.15, -0.1) is 0 Å². The van der Waals surface area contributed by atoms with E-state index in [1.807, 2.05) is 6.07 Å². The van der Waals surface area contributed by atoms with Gasteiger partial charge in [0.15, 0.2) is 0 Å². The van der Waals surface area contributed by atoms with Crippen molar-refractivity contribution in [1.82, 2.24) is 10.2 Å². The number of amides is 1. The van der Waals surface area contributed by atoms with Gasteiger partial charge in [-0.25, -0.2) is 4.79 Å². The number of hydrogen-bond donors (Lipinski definition) is 1. The Bertz CT molecular complexity index is 286. The van der Waals surface area contributed by atoms with Gasteiger partial charge in [0, 0.05) is 26.4 Å². The van der Waals surface area contributed by atoms with E-state index in [4.69, 9.17) is 5.26 Å². The highest BCUT2D eigenvalue weighted by atomic mass is 16.5. The number of carbonyl (C=O) groups excluding carboxylic acids is 2. The van der Waals surface area contributed by atoms with Crippen molar-refractivity contribution >= 4 is 11.9 Å². The summed E-state index contributed by atoms with van der Waals surface area (Å²) in [5.74, 6) is -0.775. The molecule has 0 aromatic rings. The van der Waals surface area contributed by atoms with E-state index < -0.39 is 12.0 Å². The molecule has 0 rings (SSSR count). The van der Waals surface area contributed by atoms with Crippen molar-refractivity contribution in [2.75, 3.05) is 27.2 Å². The minimum atomic E-state index is -0.689. The second kappa shape index (κ2) is 7.65. The third-order valence-corrected chi connectivity index (χ3v) is 1.96. The lowest BCUT2D eigenvalue weighted by molar-refractivity contribution is -0.145. The predicted molar refractivity (Wildman–Crippen MR) is 57.3 cm³/mol. The summed E-state index contributed by atoms with van der Waals surface area (Å²) in [6, 6.07) is 1.32. The molecular weight excluding hydrogens is 210 g/mol. The average Bonchev–Trinajstić information content (AvgIpc) is 2.23. The zero-order valence-electron chi connectivity index (χ0n) is 9.82. The monoisotopic (exact) mass is 227 g/mol. The van der Waals surface area contributed by atoms with Crippen molar-refractivity contribution in [3.63, 3.8) is 0 Å². The first-order chi connectivity index (χ1) is 7.51. The number of methoxy groups -OCH3 is 1. The molecule has 1 amide bonds. The Balaban J connectivity index is 4.25. The number of rotatable bonds is 6. The first-order valence-corrected chi connectivity index (χ1v) is 4.91. The van der Waals surface area contributed by atoms with Gasteiger partial charge in [0.1, 0.15) is 6.04 Å². The second-order valence-corrected chi connectivity index (χ2v) is 3.45. The third-order valence-electron chi connectivity index (χ3n) is 1.96. The van der Waals surface area contributed by atoms with E-state index in [1.54, 1.807) is 11.9 Å². The van der Waals surface area contributed by atoms with Crippen LogP contribution in [0.15, 0.2) is 0 Å². The van der Waals surface area contributed by atoms with Gasteiger partial charge >= 0.3 is 5.97 Å². The number of nitriles is 1. The predicted octanol–water partition coefficient (Wildman–Crippen LogP) is -0.490. The molecule has 1 atom stereocenters. The van der Waals surface area contributed by atoms with Gasteiger partial charge in [0.25, 0.3) is 0 Å². The molecule has 6 nitrogen and oxygen atoms in total. The molecule has 1 unspecified atom stereocenters. The lowest BCUT2D eigenvalue weighted by Gasteiger charge is -2.21. The molecule has 0 aromatic carbocycles. The van der Waals surface area contributed by atoms with E-state index in [9.17, 15) is 9.59 Å². The van der Waals surface area contributed by atoms with Gasteiger partial charge in [0.2, 0.25) is 5.91 Å². The fraction of sp³-hybridized carbons (Fsp3) is 0.700. The van der Waals surface area contributed by atoms with Gasteiger partial charge in [-0.1, -0.05) is 0 Å².